The van der Waals surface area contributed by atoms with Crippen LogP contribution in [0.5, 0.6) is 0 Å². The third-order valence-electron chi connectivity index (χ3n) is 3.53. The summed E-state index contributed by atoms with van der Waals surface area (Å²) in [4.78, 5) is 13.6. The zero-order chi connectivity index (χ0) is 14.3. The first-order valence-corrected chi connectivity index (χ1v) is 6.52. The molecule has 0 spiro atoms. The number of fused-ring (bicyclic) bond motifs is 1. The van der Waals surface area contributed by atoms with Gasteiger partial charge in [-0.3, -0.25) is 0 Å². The number of carbonyl (C=O) groups is 1. The van der Waals surface area contributed by atoms with Crippen molar-refractivity contribution in [3.63, 3.8) is 0 Å². The Morgan fingerprint density at radius 3 is 2.55 bits per heavy atom. The SMILES string of the molecule is Cc1cc(C)c2c(c1)NC(=O)N(c1ccccc1)B2O. The van der Waals surface area contributed by atoms with Gasteiger partial charge < -0.3 is 15.2 Å². The Hall–Kier alpha value is -2.27. The van der Waals surface area contributed by atoms with Crippen LogP contribution in [-0.4, -0.2) is 18.1 Å². The van der Waals surface area contributed by atoms with Crippen LogP contribution in [0.25, 0.3) is 0 Å². The zero-order valence-corrected chi connectivity index (χ0v) is 11.4. The molecule has 0 radical (unpaired) electrons. The molecule has 2 N–H and O–H groups in total. The number of nitrogens with zero attached hydrogens (tertiary/aromatic N) is 1. The summed E-state index contributed by atoms with van der Waals surface area (Å²) in [5.41, 5.74) is 4.13. The molecule has 0 atom stereocenters. The van der Waals surface area contributed by atoms with E-state index in [2.05, 4.69) is 5.32 Å². The molecule has 0 saturated heterocycles. The lowest BCUT2D eigenvalue weighted by molar-refractivity contribution is 0.259. The summed E-state index contributed by atoms with van der Waals surface area (Å²) in [6.07, 6.45) is 0. The van der Waals surface area contributed by atoms with Crippen molar-refractivity contribution >= 4 is 29.9 Å². The topological polar surface area (TPSA) is 52.6 Å². The Kier molecular flexibility index (Phi) is 2.99. The third-order valence-corrected chi connectivity index (χ3v) is 3.53. The first-order valence-electron chi connectivity index (χ1n) is 6.52. The van der Waals surface area contributed by atoms with E-state index >= 15 is 0 Å². The molecule has 2 aromatic rings. The lowest BCUT2D eigenvalue weighted by atomic mass is 9.66. The number of hydrogen-bond acceptors (Lipinski definition) is 2. The number of rotatable bonds is 1. The Bertz CT molecular complexity index is 673. The fraction of sp³-hybridized carbons (Fsp3) is 0.133. The monoisotopic (exact) mass is 266 g/mol. The van der Waals surface area contributed by atoms with Gasteiger partial charge in [-0.05, 0) is 43.2 Å². The highest BCUT2D eigenvalue weighted by Gasteiger charge is 2.38. The Labute approximate surface area is 118 Å². The summed E-state index contributed by atoms with van der Waals surface area (Å²) in [5.74, 6) is 0. The van der Waals surface area contributed by atoms with Crippen LogP contribution in [0.4, 0.5) is 16.2 Å². The van der Waals surface area contributed by atoms with Gasteiger partial charge in [0.1, 0.15) is 0 Å². The molecule has 100 valence electrons. The summed E-state index contributed by atoms with van der Waals surface area (Å²) < 4.78 is 0. The van der Waals surface area contributed by atoms with Crippen LogP contribution < -0.4 is 15.6 Å². The van der Waals surface area contributed by atoms with E-state index in [1.165, 1.54) is 4.81 Å². The summed E-state index contributed by atoms with van der Waals surface area (Å²) in [6, 6.07) is 12.7. The van der Waals surface area contributed by atoms with Crippen LogP contribution in [0.3, 0.4) is 0 Å². The maximum absolute atomic E-state index is 12.2. The number of benzene rings is 2. The summed E-state index contributed by atoms with van der Waals surface area (Å²) >= 11 is 0. The fourth-order valence-corrected chi connectivity index (χ4v) is 2.69. The molecule has 0 saturated carbocycles. The van der Waals surface area contributed by atoms with Gasteiger partial charge in [-0.1, -0.05) is 24.3 Å². The minimum atomic E-state index is -0.971. The number of urea groups is 1. The fourth-order valence-electron chi connectivity index (χ4n) is 2.69. The summed E-state index contributed by atoms with van der Waals surface area (Å²) in [7, 11) is -0.971. The van der Waals surface area contributed by atoms with Crippen molar-refractivity contribution in [1.82, 2.24) is 0 Å². The highest BCUT2D eigenvalue weighted by atomic mass is 16.2. The molecule has 1 heterocycles. The van der Waals surface area contributed by atoms with Crippen molar-refractivity contribution < 1.29 is 9.82 Å². The van der Waals surface area contributed by atoms with E-state index < -0.39 is 7.05 Å². The molecule has 0 bridgehead atoms. The van der Waals surface area contributed by atoms with Crippen LogP contribution in [0, 0.1) is 13.8 Å². The molecular weight excluding hydrogens is 251 g/mol. The number of amides is 2. The lowest BCUT2D eigenvalue weighted by Crippen LogP contribution is -2.59. The zero-order valence-electron chi connectivity index (χ0n) is 11.4. The molecule has 2 aromatic carbocycles. The van der Waals surface area contributed by atoms with Gasteiger partial charge in [0, 0.05) is 16.8 Å². The highest BCUT2D eigenvalue weighted by molar-refractivity contribution is 6.77. The molecule has 1 aliphatic rings. The van der Waals surface area contributed by atoms with Gasteiger partial charge in [-0.15, -0.1) is 0 Å². The van der Waals surface area contributed by atoms with Crippen molar-refractivity contribution in [3.05, 3.63) is 53.6 Å². The lowest BCUT2D eigenvalue weighted by Gasteiger charge is -2.33. The van der Waals surface area contributed by atoms with Gasteiger partial charge >= 0.3 is 13.1 Å². The number of nitrogens with one attached hydrogen (secondary N) is 1. The predicted molar refractivity (Wildman–Crippen MR) is 81.5 cm³/mol. The first kappa shape index (κ1) is 12.8. The molecule has 20 heavy (non-hydrogen) atoms. The number of aryl methyl sites for hydroxylation is 2. The number of carbonyl (C=O) groups excluding carboxylic acids is 1. The van der Waals surface area contributed by atoms with E-state index in [9.17, 15) is 9.82 Å². The second-order valence-corrected chi connectivity index (χ2v) is 5.05. The van der Waals surface area contributed by atoms with Gasteiger partial charge in [0.2, 0.25) is 0 Å². The Morgan fingerprint density at radius 1 is 1.15 bits per heavy atom. The van der Waals surface area contributed by atoms with E-state index in [1.807, 2.05) is 44.2 Å². The summed E-state index contributed by atoms with van der Waals surface area (Å²) in [5, 5.41) is 13.4. The van der Waals surface area contributed by atoms with Gasteiger partial charge in [-0.2, -0.15) is 0 Å². The average Bonchev–Trinajstić information content (AvgIpc) is 2.38. The minimum Gasteiger partial charge on any atom is -0.428 e. The van der Waals surface area contributed by atoms with Crippen LogP contribution in [-0.2, 0) is 0 Å². The molecule has 4 nitrogen and oxygen atoms in total. The second-order valence-electron chi connectivity index (χ2n) is 5.05. The molecular formula is C15H15BN2O2. The standard InChI is InChI=1S/C15H15BN2O2/c1-10-8-11(2)14-13(9-10)17-15(19)18(16(14)20)12-6-4-3-5-7-12/h3-9,20H,1-2H3,(H,17,19). The van der Waals surface area contributed by atoms with Crippen molar-refractivity contribution in [1.29, 1.82) is 0 Å². The molecule has 5 heteroatoms. The van der Waals surface area contributed by atoms with Crippen LogP contribution in [0.1, 0.15) is 11.1 Å². The average molecular weight is 266 g/mol. The molecule has 1 aliphatic heterocycles. The quantitative estimate of drug-likeness (QED) is 0.776. The maximum Gasteiger partial charge on any atom is 0.460 e. The highest BCUT2D eigenvalue weighted by Crippen LogP contribution is 2.23. The number of hydrogen-bond donors (Lipinski definition) is 2. The third kappa shape index (κ3) is 1.96. The van der Waals surface area contributed by atoms with Gasteiger partial charge in [-0.25, -0.2) is 4.79 Å². The minimum absolute atomic E-state index is 0.318. The van der Waals surface area contributed by atoms with Gasteiger partial charge in [0.05, 0.1) is 0 Å². The van der Waals surface area contributed by atoms with E-state index in [-0.39, 0.29) is 6.03 Å². The summed E-state index contributed by atoms with van der Waals surface area (Å²) in [6.45, 7) is 3.91. The Balaban J connectivity index is 2.11. The van der Waals surface area contributed by atoms with Crippen molar-refractivity contribution in [2.75, 3.05) is 10.1 Å². The first-order chi connectivity index (χ1) is 9.58. The number of anilines is 2. The second kappa shape index (κ2) is 4.69. The van der Waals surface area contributed by atoms with E-state index in [4.69, 9.17) is 0 Å². The van der Waals surface area contributed by atoms with Crippen LogP contribution >= 0.6 is 0 Å². The number of para-hydroxylation sites is 1. The molecule has 0 aromatic heterocycles. The maximum atomic E-state index is 12.2. The normalized spacial score (nSPS) is 14.1. The van der Waals surface area contributed by atoms with Gasteiger partial charge in [0.25, 0.3) is 0 Å². The van der Waals surface area contributed by atoms with E-state index in [0.29, 0.717) is 11.4 Å². The van der Waals surface area contributed by atoms with Crippen molar-refractivity contribution in [2.45, 2.75) is 13.8 Å². The van der Waals surface area contributed by atoms with Crippen molar-refractivity contribution in [2.24, 2.45) is 0 Å². The Morgan fingerprint density at radius 2 is 1.85 bits per heavy atom. The molecule has 2 amide bonds. The van der Waals surface area contributed by atoms with Crippen LogP contribution in [0.15, 0.2) is 42.5 Å². The molecule has 0 unspecified atom stereocenters. The van der Waals surface area contributed by atoms with Gasteiger partial charge in [0.15, 0.2) is 0 Å². The molecule has 3 rings (SSSR count). The van der Waals surface area contributed by atoms with E-state index in [0.717, 1.165) is 16.6 Å². The largest absolute Gasteiger partial charge is 0.460 e. The van der Waals surface area contributed by atoms with E-state index in [1.54, 1.807) is 12.1 Å². The van der Waals surface area contributed by atoms with Crippen LogP contribution in [0.2, 0.25) is 0 Å². The molecule has 0 aliphatic carbocycles. The van der Waals surface area contributed by atoms with Crippen molar-refractivity contribution in [3.8, 4) is 0 Å². The predicted octanol–water partition coefficient (Wildman–Crippen LogP) is 2.04. The molecule has 0 fully saturated rings. The smallest absolute Gasteiger partial charge is 0.428 e.